The van der Waals surface area contributed by atoms with Gasteiger partial charge in [-0.15, -0.1) is 0 Å². The predicted molar refractivity (Wildman–Crippen MR) is 65.1 cm³/mol. The summed E-state index contributed by atoms with van der Waals surface area (Å²) >= 11 is 0. The Bertz CT molecular complexity index is 369. The SMILES string of the molecule is CCc1nc([C@@H]2CCCN2C[C@H](O)COC)no1. The summed E-state index contributed by atoms with van der Waals surface area (Å²) in [5.41, 5.74) is 0. The molecule has 1 saturated heterocycles. The normalized spacial score (nSPS) is 22.5. The number of hydrogen-bond acceptors (Lipinski definition) is 6. The largest absolute Gasteiger partial charge is 0.389 e. The molecule has 0 aromatic carbocycles. The van der Waals surface area contributed by atoms with Crippen LogP contribution >= 0.6 is 0 Å². The summed E-state index contributed by atoms with van der Waals surface area (Å²) < 4.78 is 10.1. The van der Waals surface area contributed by atoms with Gasteiger partial charge in [-0.05, 0) is 19.4 Å². The molecular formula is C12H21N3O3. The van der Waals surface area contributed by atoms with Crippen molar-refractivity contribution in [1.29, 1.82) is 0 Å². The van der Waals surface area contributed by atoms with Crippen LogP contribution < -0.4 is 0 Å². The van der Waals surface area contributed by atoms with Gasteiger partial charge in [0.25, 0.3) is 0 Å². The van der Waals surface area contributed by atoms with E-state index in [1.165, 1.54) is 0 Å². The molecule has 0 aliphatic carbocycles. The number of β-amino-alcohol motifs (C(OH)–C–C–N with tert-alkyl or cyclic N) is 1. The molecule has 1 aliphatic rings. The van der Waals surface area contributed by atoms with Gasteiger partial charge in [-0.1, -0.05) is 12.1 Å². The Hall–Kier alpha value is -0.980. The first-order chi connectivity index (χ1) is 8.74. The van der Waals surface area contributed by atoms with Crippen LogP contribution in [0.3, 0.4) is 0 Å². The molecule has 6 nitrogen and oxygen atoms in total. The average Bonchev–Trinajstić information content (AvgIpc) is 2.96. The molecule has 0 spiro atoms. The number of likely N-dealkylation sites (tertiary alicyclic amines) is 1. The summed E-state index contributed by atoms with van der Waals surface area (Å²) in [4.78, 5) is 6.58. The molecule has 0 unspecified atom stereocenters. The monoisotopic (exact) mass is 255 g/mol. The maximum atomic E-state index is 9.79. The molecule has 0 amide bonds. The summed E-state index contributed by atoms with van der Waals surface area (Å²) in [6.45, 7) is 3.90. The third kappa shape index (κ3) is 3.07. The molecule has 2 rings (SSSR count). The highest BCUT2D eigenvalue weighted by atomic mass is 16.5. The van der Waals surface area contributed by atoms with Gasteiger partial charge in [0.2, 0.25) is 5.89 Å². The lowest BCUT2D eigenvalue weighted by Gasteiger charge is -2.24. The fourth-order valence-electron chi connectivity index (χ4n) is 2.40. The standard InChI is InChI=1S/C12H21N3O3/c1-3-11-13-12(14-18-11)10-5-4-6-15(10)7-9(16)8-17-2/h9-10,16H,3-8H2,1-2H3/t9-,10-/m0/s1. The molecule has 18 heavy (non-hydrogen) atoms. The third-order valence-corrected chi connectivity index (χ3v) is 3.25. The van der Waals surface area contributed by atoms with Crippen LogP contribution in [0.25, 0.3) is 0 Å². The Morgan fingerprint density at radius 2 is 2.44 bits per heavy atom. The van der Waals surface area contributed by atoms with Crippen LogP contribution in [0.4, 0.5) is 0 Å². The number of methoxy groups -OCH3 is 1. The van der Waals surface area contributed by atoms with Crippen molar-refractivity contribution >= 4 is 0 Å². The molecule has 1 fully saturated rings. The first-order valence-corrected chi connectivity index (χ1v) is 6.48. The first-order valence-electron chi connectivity index (χ1n) is 6.48. The van der Waals surface area contributed by atoms with Gasteiger partial charge >= 0.3 is 0 Å². The van der Waals surface area contributed by atoms with E-state index < -0.39 is 6.10 Å². The van der Waals surface area contributed by atoms with Gasteiger partial charge in [0, 0.05) is 20.1 Å². The number of aliphatic hydroxyl groups excluding tert-OH is 1. The van der Waals surface area contributed by atoms with Crippen LogP contribution in [0.2, 0.25) is 0 Å². The Morgan fingerprint density at radius 3 is 3.11 bits per heavy atom. The zero-order valence-electron chi connectivity index (χ0n) is 11.0. The maximum Gasteiger partial charge on any atom is 0.226 e. The molecule has 6 heteroatoms. The molecule has 0 saturated carbocycles. The van der Waals surface area contributed by atoms with Gasteiger partial charge in [-0.3, -0.25) is 4.90 Å². The lowest BCUT2D eigenvalue weighted by atomic mass is 10.2. The molecule has 1 aliphatic heterocycles. The van der Waals surface area contributed by atoms with Crippen molar-refractivity contribution in [2.45, 2.75) is 38.3 Å². The molecule has 1 aromatic heterocycles. The van der Waals surface area contributed by atoms with E-state index in [1.54, 1.807) is 7.11 Å². The minimum atomic E-state index is -0.465. The number of ether oxygens (including phenoxy) is 1. The Morgan fingerprint density at radius 1 is 1.61 bits per heavy atom. The van der Waals surface area contributed by atoms with E-state index in [2.05, 4.69) is 15.0 Å². The van der Waals surface area contributed by atoms with Crippen molar-refractivity contribution < 1.29 is 14.4 Å². The minimum absolute atomic E-state index is 0.167. The van der Waals surface area contributed by atoms with E-state index in [4.69, 9.17) is 9.26 Å². The Kier molecular flexibility index (Phi) is 4.68. The van der Waals surface area contributed by atoms with Crippen molar-refractivity contribution in [3.05, 3.63) is 11.7 Å². The number of rotatable bonds is 6. The first kappa shape index (κ1) is 13.5. The Labute approximate surface area is 107 Å². The lowest BCUT2D eigenvalue weighted by molar-refractivity contribution is 0.0336. The fraction of sp³-hybridized carbons (Fsp3) is 0.833. The summed E-state index contributed by atoms with van der Waals surface area (Å²) in [5.74, 6) is 1.42. The van der Waals surface area contributed by atoms with Gasteiger partial charge in [-0.25, -0.2) is 0 Å². The van der Waals surface area contributed by atoms with Crippen molar-refractivity contribution in [1.82, 2.24) is 15.0 Å². The number of nitrogens with zero attached hydrogens (tertiary/aromatic N) is 3. The smallest absolute Gasteiger partial charge is 0.226 e. The quantitative estimate of drug-likeness (QED) is 0.809. The molecule has 2 atom stereocenters. The molecule has 102 valence electrons. The van der Waals surface area contributed by atoms with Crippen LogP contribution in [0.1, 0.15) is 37.5 Å². The number of aliphatic hydroxyl groups is 1. The van der Waals surface area contributed by atoms with Gasteiger partial charge in [-0.2, -0.15) is 4.98 Å². The lowest BCUT2D eigenvalue weighted by Crippen LogP contribution is -2.34. The second-order valence-corrected chi connectivity index (χ2v) is 4.66. The topological polar surface area (TPSA) is 71.6 Å². The minimum Gasteiger partial charge on any atom is -0.389 e. The molecular weight excluding hydrogens is 234 g/mol. The molecule has 0 bridgehead atoms. The van der Waals surface area contributed by atoms with E-state index in [-0.39, 0.29) is 6.04 Å². The van der Waals surface area contributed by atoms with Crippen LogP contribution in [-0.4, -0.2) is 53.1 Å². The van der Waals surface area contributed by atoms with Crippen LogP contribution in [0.15, 0.2) is 4.52 Å². The van der Waals surface area contributed by atoms with Gasteiger partial charge in [0.05, 0.1) is 18.8 Å². The summed E-state index contributed by atoms with van der Waals surface area (Å²) in [7, 11) is 1.59. The van der Waals surface area contributed by atoms with Gasteiger partial charge in [0.15, 0.2) is 5.82 Å². The molecule has 1 aromatic rings. The van der Waals surface area contributed by atoms with Crippen LogP contribution in [0, 0.1) is 0 Å². The van der Waals surface area contributed by atoms with E-state index in [1.807, 2.05) is 6.92 Å². The number of hydrogen-bond donors (Lipinski definition) is 1. The van der Waals surface area contributed by atoms with Crippen molar-refractivity contribution in [2.75, 3.05) is 26.8 Å². The number of aryl methyl sites for hydroxylation is 1. The van der Waals surface area contributed by atoms with Crippen molar-refractivity contribution in [2.24, 2.45) is 0 Å². The van der Waals surface area contributed by atoms with Crippen molar-refractivity contribution in [3.8, 4) is 0 Å². The zero-order valence-corrected chi connectivity index (χ0v) is 11.0. The highest BCUT2D eigenvalue weighted by Gasteiger charge is 2.30. The van der Waals surface area contributed by atoms with Gasteiger partial charge in [0.1, 0.15) is 0 Å². The van der Waals surface area contributed by atoms with E-state index in [0.717, 1.165) is 31.6 Å². The summed E-state index contributed by atoms with van der Waals surface area (Å²) in [5, 5.41) is 13.8. The molecule has 0 radical (unpaired) electrons. The average molecular weight is 255 g/mol. The summed E-state index contributed by atoms with van der Waals surface area (Å²) in [6, 6.07) is 0.167. The van der Waals surface area contributed by atoms with E-state index in [9.17, 15) is 5.11 Å². The van der Waals surface area contributed by atoms with Gasteiger partial charge < -0.3 is 14.4 Å². The molecule has 2 heterocycles. The zero-order chi connectivity index (χ0) is 13.0. The maximum absolute atomic E-state index is 9.79. The fourth-order valence-corrected chi connectivity index (χ4v) is 2.40. The Balaban J connectivity index is 1.98. The highest BCUT2D eigenvalue weighted by Crippen LogP contribution is 2.30. The van der Waals surface area contributed by atoms with E-state index >= 15 is 0 Å². The number of aromatic nitrogens is 2. The second-order valence-electron chi connectivity index (χ2n) is 4.66. The molecule has 1 N–H and O–H groups in total. The van der Waals surface area contributed by atoms with E-state index in [0.29, 0.717) is 19.0 Å². The summed E-state index contributed by atoms with van der Waals surface area (Å²) in [6.07, 6.45) is 2.41. The van der Waals surface area contributed by atoms with Crippen LogP contribution in [0.5, 0.6) is 0 Å². The predicted octanol–water partition coefficient (Wildman–Crippen LogP) is 0.776. The van der Waals surface area contributed by atoms with Crippen molar-refractivity contribution in [3.63, 3.8) is 0 Å². The van der Waals surface area contributed by atoms with Crippen LogP contribution in [-0.2, 0) is 11.2 Å². The highest BCUT2D eigenvalue weighted by molar-refractivity contribution is 4.98. The second kappa shape index (κ2) is 6.26. The third-order valence-electron chi connectivity index (χ3n) is 3.25.